The standard InChI is InChI=1S/C8H14S2/c1-7-5-4-6-10(9-3)8(7)2/h6-7H,2,4-5H2,1,3H3. The van der Waals surface area contributed by atoms with Gasteiger partial charge in [0.1, 0.15) is 0 Å². The second-order valence-corrected chi connectivity index (χ2v) is 6.44. The average molecular weight is 174 g/mol. The van der Waals surface area contributed by atoms with Crippen LogP contribution in [-0.2, 0) is 0 Å². The molecule has 0 fully saturated rings. The third kappa shape index (κ3) is 1.67. The SMILES string of the molecule is C=C1C(C)CCC=S1SC. The molecule has 0 saturated carbocycles. The lowest BCUT2D eigenvalue weighted by atomic mass is 10.1. The second kappa shape index (κ2) is 3.63. The van der Waals surface area contributed by atoms with Crippen molar-refractivity contribution in [1.82, 2.24) is 0 Å². The Balaban J connectivity index is 2.72. The van der Waals surface area contributed by atoms with E-state index in [0.29, 0.717) is 9.52 Å². The molecule has 0 aromatic carbocycles. The van der Waals surface area contributed by atoms with Gasteiger partial charge in [0.2, 0.25) is 0 Å². The van der Waals surface area contributed by atoms with E-state index < -0.39 is 0 Å². The molecule has 2 heteroatoms. The van der Waals surface area contributed by atoms with Crippen LogP contribution in [0.4, 0.5) is 0 Å². The maximum atomic E-state index is 4.11. The summed E-state index contributed by atoms with van der Waals surface area (Å²) in [7, 11) is 2.30. The molecule has 0 saturated heterocycles. The van der Waals surface area contributed by atoms with Crippen molar-refractivity contribution in [2.24, 2.45) is 5.92 Å². The number of allylic oxidation sites excluding steroid dienone is 1. The summed E-state index contributed by atoms with van der Waals surface area (Å²) in [4.78, 5) is 1.44. The third-order valence-electron chi connectivity index (χ3n) is 1.86. The lowest BCUT2D eigenvalue weighted by Crippen LogP contribution is -2.01. The Hall–Kier alpha value is 0.310. The first kappa shape index (κ1) is 8.41. The molecule has 0 amide bonds. The first-order chi connectivity index (χ1) is 4.75. The van der Waals surface area contributed by atoms with E-state index in [1.54, 1.807) is 0 Å². The van der Waals surface area contributed by atoms with Gasteiger partial charge in [0.15, 0.2) is 0 Å². The van der Waals surface area contributed by atoms with Crippen LogP contribution in [0.2, 0.25) is 0 Å². The van der Waals surface area contributed by atoms with Crippen molar-refractivity contribution in [2.75, 3.05) is 6.26 Å². The lowest BCUT2D eigenvalue weighted by molar-refractivity contribution is 0.663. The summed E-state index contributed by atoms with van der Waals surface area (Å²) in [6.45, 7) is 6.39. The normalized spacial score (nSPS) is 33.6. The minimum Gasteiger partial charge on any atom is -0.106 e. The molecule has 2 atom stereocenters. The molecule has 1 aliphatic heterocycles. The summed E-state index contributed by atoms with van der Waals surface area (Å²) >= 11 is 0. The maximum absolute atomic E-state index is 4.11. The molecule has 0 nitrogen and oxygen atoms in total. The average Bonchev–Trinajstić information content (AvgIpc) is 1.95. The Morgan fingerprint density at radius 2 is 2.50 bits per heavy atom. The highest BCUT2D eigenvalue weighted by molar-refractivity contribution is 8.84. The first-order valence-electron chi connectivity index (χ1n) is 3.55. The summed E-state index contributed by atoms with van der Waals surface area (Å²) < 4.78 is 0. The molecule has 0 N–H and O–H groups in total. The molecular formula is C8H14S2. The highest BCUT2D eigenvalue weighted by Gasteiger charge is 2.13. The van der Waals surface area contributed by atoms with E-state index in [4.69, 9.17) is 0 Å². The quantitative estimate of drug-likeness (QED) is 0.434. The lowest BCUT2D eigenvalue weighted by Gasteiger charge is -2.21. The Morgan fingerprint density at radius 3 is 3.00 bits per heavy atom. The molecule has 0 bridgehead atoms. The van der Waals surface area contributed by atoms with Gasteiger partial charge in [-0.15, -0.1) is 9.52 Å². The summed E-state index contributed by atoms with van der Waals surface area (Å²) in [5, 5.41) is 2.41. The van der Waals surface area contributed by atoms with Crippen LogP contribution in [0.25, 0.3) is 0 Å². The Morgan fingerprint density at radius 1 is 1.80 bits per heavy atom. The molecular weight excluding hydrogens is 160 g/mol. The molecule has 10 heavy (non-hydrogen) atoms. The van der Waals surface area contributed by atoms with Crippen LogP contribution in [0, 0.1) is 5.92 Å². The zero-order valence-corrected chi connectivity index (χ0v) is 8.23. The summed E-state index contributed by atoms with van der Waals surface area (Å²) in [6, 6.07) is 0. The van der Waals surface area contributed by atoms with Crippen LogP contribution in [0.5, 0.6) is 0 Å². The zero-order chi connectivity index (χ0) is 7.56. The van der Waals surface area contributed by atoms with Crippen LogP contribution in [0.15, 0.2) is 11.5 Å². The van der Waals surface area contributed by atoms with Crippen molar-refractivity contribution in [1.29, 1.82) is 0 Å². The molecule has 0 aliphatic carbocycles. The van der Waals surface area contributed by atoms with Crippen molar-refractivity contribution in [3.05, 3.63) is 11.5 Å². The van der Waals surface area contributed by atoms with Crippen molar-refractivity contribution in [2.45, 2.75) is 19.8 Å². The van der Waals surface area contributed by atoms with Crippen molar-refractivity contribution in [3.8, 4) is 0 Å². The van der Waals surface area contributed by atoms with Gasteiger partial charge in [0.05, 0.1) is 0 Å². The highest BCUT2D eigenvalue weighted by Crippen LogP contribution is 2.43. The second-order valence-electron chi connectivity index (χ2n) is 2.58. The van der Waals surface area contributed by atoms with Gasteiger partial charge in [-0.1, -0.05) is 24.3 Å². The number of hydrogen-bond donors (Lipinski definition) is 0. The molecule has 0 aromatic heterocycles. The van der Waals surface area contributed by atoms with Crippen molar-refractivity contribution in [3.63, 3.8) is 0 Å². The van der Waals surface area contributed by atoms with E-state index >= 15 is 0 Å². The van der Waals surface area contributed by atoms with E-state index in [-0.39, 0.29) is 0 Å². The predicted octanol–water partition coefficient (Wildman–Crippen LogP) is 3.28. The predicted molar refractivity (Wildman–Crippen MR) is 54.7 cm³/mol. The molecule has 0 aromatic rings. The maximum Gasteiger partial charge on any atom is -0.00808 e. The largest absolute Gasteiger partial charge is 0.106 e. The van der Waals surface area contributed by atoms with Crippen molar-refractivity contribution >= 4 is 25.7 Å². The van der Waals surface area contributed by atoms with Gasteiger partial charge in [0.25, 0.3) is 0 Å². The molecule has 0 radical (unpaired) electrons. The van der Waals surface area contributed by atoms with E-state index in [9.17, 15) is 0 Å². The van der Waals surface area contributed by atoms with Crippen LogP contribution in [0.3, 0.4) is 0 Å². The zero-order valence-electron chi connectivity index (χ0n) is 6.59. The number of hydrogen-bond acceptors (Lipinski definition) is 1. The first-order valence-corrected chi connectivity index (χ1v) is 6.58. The molecule has 0 spiro atoms. The molecule has 58 valence electrons. The van der Waals surface area contributed by atoms with E-state index in [1.165, 1.54) is 17.7 Å². The Kier molecular flexibility index (Phi) is 3.05. The Labute approximate surface area is 69.4 Å². The van der Waals surface area contributed by atoms with E-state index in [2.05, 4.69) is 25.1 Å². The topological polar surface area (TPSA) is 0 Å². The highest BCUT2D eigenvalue weighted by atomic mass is 33.1. The van der Waals surface area contributed by atoms with Crippen LogP contribution < -0.4 is 0 Å². The summed E-state index contributed by atoms with van der Waals surface area (Å²) in [5.41, 5.74) is 0. The molecule has 1 rings (SSSR count). The van der Waals surface area contributed by atoms with Gasteiger partial charge in [-0.3, -0.25) is 0 Å². The fourth-order valence-electron chi connectivity index (χ4n) is 1.07. The van der Waals surface area contributed by atoms with Gasteiger partial charge in [-0.25, -0.2) is 0 Å². The third-order valence-corrected chi connectivity index (χ3v) is 5.80. The van der Waals surface area contributed by atoms with Gasteiger partial charge in [0, 0.05) is 0 Å². The van der Waals surface area contributed by atoms with Gasteiger partial charge >= 0.3 is 0 Å². The summed E-state index contributed by atoms with van der Waals surface area (Å²) in [6.07, 6.45) is 4.76. The van der Waals surface area contributed by atoms with E-state index in [1.807, 2.05) is 10.8 Å². The fraction of sp³-hybridized carbons (Fsp3) is 0.625. The van der Waals surface area contributed by atoms with E-state index in [0.717, 1.165) is 5.92 Å². The Bertz CT molecular complexity index is 170. The van der Waals surface area contributed by atoms with Crippen LogP contribution in [-0.4, -0.2) is 11.6 Å². The minimum absolute atomic E-state index is 0.371. The van der Waals surface area contributed by atoms with Gasteiger partial charge < -0.3 is 0 Å². The van der Waals surface area contributed by atoms with Crippen molar-refractivity contribution < 1.29 is 0 Å². The van der Waals surface area contributed by atoms with Crippen LogP contribution >= 0.6 is 20.3 Å². The van der Waals surface area contributed by atoms with Gasteiger partial charge in [-0.05, 0) is 35.3 Å². The summed E-state index contributed by atoms with van der Waals surface area (Å²) in [5.74, 6) is 0.751. The number of rotatable bonds is 1. The minimum atomic E-state index is 0.371. The molecule has 1 heterocycles. The monoisotopic (exact) mass is 174 g/mol. The molecule has 2 unspecified atom stereocenters. The van der Waals surface area contributed by atoms with Crippen LogP contribution in [0.1, 0.15) is 19.8 Å². The smallest absolute Gasteiger partial charge is 0.00808 e. The van der Waals surface area contributed by atoms with Gasteiger partial charge in [-0.2, -0.15) is 0 Å². The molecule has 1 aliphatic rings. The fourth-order valence-corrected chi connectivity index (χ4v) is 4.33.